The minimum atomic E-state index is -4.58. The molecular weight excluding hydrogens is 483 g/mol. The number of nitrogens with zero attached hydrogens (tertiary/aromatic N) is 4. The lowest BCUT2D eigenvalue weighted by molar-refractivity contribution is -0.173. The molecule has 13 heteroatoms. The molecule has 1 N–H and O–H groups in total. The van der Waals surface area contributed by atoms with Crippen LogP contribution >= 0.6 is 0 Å². The normalized spacial score (nSPS) is 19.8. The third-order valence-corrected chi connectivity index (χ3v) is 6.37. The molecule has 10 nitrogen and oxygen atoms in total. The predicted molar refractivity (Wildman–Crippen MR) is 122 cm³/mol. The van der Waals surface area contributed by atoms with Crippen LogP contribution in [0.4, 0.5) is 23.8 Å². The first-order valence-corrected chi connectivity index (χ1v) is 11.5. The number of anilines is 1. The largest absolute Gasteiger partial charge is 0.493 e. The second-order valence-electron chi connectivity index (χ2n) is 8.43. The Morgan fingerprint density at radius 2 is 1.75 bits per heavy atom. The third-order valence-electron chi connectivity index (χ3n) is 6.37. The highest BCUT2D eigenvalue weighted by Crippen LogP contribution is 2.45. The molecule has 0 radical (unpaired) electrons. The molecule has 196 valence electrons. The Morgan fingerprint density at radius 1 is 1.08 bits per heavy atom. The van der Waals surface area contributed by atoms with Gasteiger partial charge in [0.05, 0.1) is 33.1 Å². The minimum Gasteiger partial charge on any atom is -0.493 e. The molecule has 1 saturated heterocycles. The Kier molecular flexibility index (Phi) is 7.18. The first kappa shape index (κ1) is 25.5. The highest BCUT2D eigenvalue weighted by atomic mass is 19.4. The SMILES string of the molecule is CCOC(=O)N1CCN(C(=O)c2cnn3c2NC(c2ccc(OC)c(OC)c2)CC3C(F)(F)F)CC1. The summed E-state index contributed by atoms with van der Waals surface area (Å²) in [6.07, 6.45) is -4.19. The summed E-state index contributed by atoms with van der Waals surface area (Å²) in [5.41, 5.74) is 0.592. The van der Waals surface area contributed by atoms with Crippen LogP contribution in [0.5, 0.6) is 11.5 Å². The Labute approximate surface area is 205 Å². The first-order valence-electron chi connectivity index (χ1n) is 11.5. The maximum absolute atomic E-state index is 14.0. The van der Waals surface area contributed by atoms with Crippen LogP contribution in [0.2, 0.25) is 0 Å². The highest BCUT2D eigenvalue weighted by Gasteiger charge is 2.47. The van der Waals surface area contributed by atoms with E-state index in [-0.39, 0.29) is 50.6 Å². The van der Waals surface area contributed by atoms with Crippen LogP contribution in [0.25, 0.3) is 0 Å². The Morgan fingerprint density at radius 3 is 2.36 bits per heavy atom. The lowest BCUT2D eigenvalue weighted by Crippen LogP contribution is -2.50. The number of ether oxygens (including phenoxy) is 3. The van der Waals surface area contributed by atoms with Crippen LogP contribution in [0.1, 0.15) is 41.3 Å². The predicted octanol–water partition coefficient (Wildman–Crippen LogP) is 3.47. The number of fused-ring (bicyclic) bond motifs is 1. The molecule has 0 aliphatic carbocycles. The second-order valence-corrected chi connectivity index (χ2v) is 8.43. The first-order chi connectivity index (χ1) is 17.2. The maximum Gasteiger partial charge on any atom is 0.410 e. The Balaban J connectivity index is 1.60. The van der Waals surface area contributed by atoms with Crippen molar-refractivity contribution in [2.75, 3.05) is 52.3 Å². The summed E-state index contributed by atoms with van der Waals surface area (Å²) in [7, 11) is 2.92. The summed E-state index contributed by atoms with van der Waals surface area (Å²) < 4.78 is 58.5. The molecule has 0 saturated carbocycles. The van der Waals surface area contributed by atoms with Crippen molar-refractivity contribution in [2.45, 2.75) is 31.6 Å². The van der Waals surface area contributed by atoms with Crippen LogP contribution in [0, 0.1) is 0 Å². The molecule has 0 spiro atoms. The summed E-state index contributed by atoms with van der Waals surface area (Å²) in [5.74, 6) is 0.379. The van der Waals surface area contributed by atoms with Crippen LogP contribution in [0.15, 0.2) is 24.4 Å². The Hall–Kier alpha value is -3.64. The molecule has 2 aliphatic rings. The van der Waals surface area contributed by atoms with Crippen LogP contribution in [0.3, 0.4) is 0 Å². The minimum absolute atomic E-state index is 0.00109. The molecule has 1 aromatic carbocycles. The number of methoxy groups -OCH3 is 2. The standard InChI is InChI=1S/C23H28F3N5O5/c1-4-36-22(33)30-9-7-29(8-10-30)21(32)15-13-27-31-19(23(24,25)26)12-16(28-20(15)31)14-5-6-17(34-2)18(11-14)35-3/h5-6,11,13,16,19,28H,4,7-10,12H2,1-3H3. The van der Waals surface area contributed by atoms with Gasteiger partial charge in [-0.15, -0.1) is 0 Å². The number of benzene rings is 1. The number of aromatic nitrogens is 2. The zero-order valence-electron chi connectivity index (χ0n) is 20.2. The smallest absolute Gasteiger partial charge is 0.410 e. The van der Waals surface area contributed by atoms with Gasteiger partial charge in [0.25, 0.3) is 5.91 Å². The van der Waals surface area contributed by atoms with Gasteiger partial charge >= 0.3 is 12.3 Å². The van der Waals surface area contributed by atoms with Crippen molar-refractivity contribution in [3.8, 4) is 11.5 Å². The second kappa shape index (κ2) is 10.2. The zero-order valence-corrected chi connectivity index (χ0v) is 20.2. The highest BCUT2D eigenvalue weighted by molar-refractivity contribution is 5.99. The molecule has 36 heavy (non-hydrogen) atoms. The van der Waals surface area contributed by atoms with Gasteiger partial charge in [0, 0.05) is 32.6 Å². The fourth-order valence-electron chi connectivity index (χ4n) is 4.48. The van der Waals surface area contributed by atoms with Crippen molar-refractivity contribution in [1.82, 2.24) is 19.6 Å². The Bertz CT molecular complexity index is 1110. The number of halogens is 3. The average Bonchev–Trinajstić information content (AvgIpc) is 3.30. The summed E-state index contributed by atoms with van der Waals surface area (Å²) >= 11 is 0. The molecule has 1 aromatic heterocycles. The van der Waals surface area contributed by atoms with E-state index in [9.17, 15) is 22.8 Å². The molecule has 2 unspecified atom stereocenters. The van der Waals surface area contributed by atoms with E-state index in [1.54, 1.807) is 25.1 Å². The van der Waals surface area contributed by atoms with E-state index in [2.05, 4.69) is 10.4 Å². The van der Waals surface area contributed by atoms with E-state index in [1.165, 1.54) is 24.0 Å². The number of hydrogen-bond acceptors (Lipinski definition) is 7. The van der Waals surface area contributed by atoms with E-state index >= 15 is 0 Å². The molecule has 2 aliphatic heterocycles. The zero-order chi connectivity index (χ0) is 26.0. The van der Waals surface area contributed by atoms with Crippen molar-refractivity contribution in [1.29, 1.82) is 0 Å². The van der Waals surface area contributed by atoms with Gasteiger partial charge in [-0.05, 0) is 24.6 Å². The number of piperazine rings is 1. The van der Waals surface area contributed by atoms with Crippen molar-refractivity contribution in [3.63, 3.8) is 0 Å². The van der Waals surface area contributed by atoms with Gasteiger partial charge in [0.2, 0.25) is 0 Å². The average molecular weight is 512 g/mol. The molecular formula is C23H28F3N5O5. The number of amides is 2. The van der Waals surface area contributed by atoms with Gasteiger partial charge < -0.3 is 29.3 Å². The van der Waals surface area contributed by atoms with Crippen molar-refractivity contribution >= 4 is 17.8 Å². The van der Waals surface area contributed by atoms with E-state index < -0.39 is 30.3 Å². The summed E-state index contributed by atoms with van der Waals surface area (Å²) in [6, 6.07) is 2.22. The van der Waals surface area contributed by atoms with Gasteiger partial charge in [-0.1, -0.05) is 6.07 Å². The van der Waals surface area contributed by atoms with Crippen LogP contribution in [-0.2, 0) is 4.74 Å². The van der Waals surface area contributed by atoms with Gasteiger partial charge in [-0.2, -0.15) is 18.3 Å². The molecule has 2 aromatic rings. The number of rotatable bonds is 5. The fraction of sp³-hybridized carbons (Fsp3) is 0.522. The lowest BCUT2D eigenvalue weighted by atomic mass is 9.96. The lowest BCUT2D eigenvalue weighted by Gasteiger charge is -2.36. The van der Waals surface area contributed by atoms with E-state index in [0.717, 1.165) is 10.9 Å². The molecule has 3 heterocycles. The number of carbonyl (C=O) groups is 2. The van der Waals surface area contributed by atoms with Gasteiger partial charge in [-0.25, -0.2) is 9.48 Å². The third kappa shape index (κ3) is 4.86. The van der Waals surface area contributed by atoms with Gasteiger partial charge in [0.15, 0.2) is 17.5 Å². The summed E-state index contributed by atoms with van der Waals surface area (Å²) in [5, 5.41) is 7.02. The van der Waals surface area contributed by atoms with Crippen LogP contribution < -0.4 is 14.8 Å². The molecule has 2 amide bonds. The van der Waals surface area contributed by atoms with Gasteiger partial charge in [-0.3, -0.25) is 4.79 Å². The van der Waals surface area contributed by atoms with Crippen molar-refractivity contribution in [2.24, 2.45) is 0 Å². The van der Waals surface area contributed by atoms with E-state index in [1.807, 2.05) is 0 Å². The molecule has 4 rings (SSSR count). The number of hydrogen-bond donors (Lipinski definition) is 1. The molecule has 1 fully saturated rings. The van der Waals surface area contributed by atoms with Gasteiger partial charge in [0.1, 0.15) is 11.4 Å². The van der Waals surface area contributed by atoms with Crippen molar-refractivity contribution < 1.29 is 37.0 Å². The van der Waals surface area contributed by atoms with E-state index in [4.69, 9.17) is 14.2 Å². The number of alkyl halides is 3. The van der Waals surface area contributed by atoms with Crippen LogP contribution in [-0.4, -0.2) is 84.8 Å². The maximum atomic E-state index is 14.0. The molecule has 2 atom stereocenters. The topological polar surface area (TPSA) is 98.2 Å². The van der Waals surface area contributed by atoms with E-state index in [0.29, 0.717) is 17.1 Å². The quantitative estimate of drug-likeness (QED) is 0.657. The number of nitrogens with one attached hydrogen (secondary N) is 1. The van der Waals surface area contributed by atoms with Crippen molar-refractivity contribution in [3.05, 3.63) is 35.5 Å². The number of carbonyl (C=O) groups excluding carboxylic acids is 2. The monoisotopic (exact) mass is 511 g/mol. The summed E-state index contributed by atoms with van der Waals surface area (Å²) in [6.45, 7) is 2.93. The summed E-state index contributed by atoms with van der Waals surface area (Å²) in [4.78, 5) is 28.2. The molecule has 0 bridgehead atoms. The fourth-order valence-corrected chi connectivity index (χ4v) is 4.48.